The molecule has 5 heteroatoms. The number of para-hydroxylation sites is 1. The van der Waals surface area contributed by atoms with Crippen LogP contribution < -0.4 is 10.1 Å². The molecule has 214 valence electrons. The average Bonchev–Trinajstić information content (AvgIpc) is 3.41. The first-order valence-electron chi connectivity index (χ1n) is 14.7. The Hall–Kier alpha value is -5.16. The molecule has 0 fully saturated rings. The molecule has 0 saturated carbocycles. The molecule has 1 amide bonds. The SMILES string of the molecule is Cc1ccc(Cn2cc(C(CC(=O)NCc3ccncc3)c3cccc(OCc4ccccc4)c3)c3ccccc32)cc1. The minimum Gasteiger partial charge on any atom is -0.489 e. The topological polar surface area (TPSA) is 56.2 Å². The fraction of sp³-hybridized carbons (Fsp3) is 0.158. The number of pyridine rings is 1. The number of hydrogen-bond donors (Lipinski definition) is 1. The normalized spacial score (nSPS) is 11.7. The van der Waals surface area contributed by atoms with E-state index in [0.29, 0.717) is 19.6 Å². The van der Waals surface area contributed by atoms with Crippen molar-refractivity contribution in [3.8, 4) is 5.75 Å². The quantitative estimate of drug-likeness (QED) is 0.174. The van der Waals surface area contributed by atoms with E-state index >= 15 is 0 Å². The Morgan fingerprint density at radius 1 is 0.814 bits per heavy atom. The van der Waals surface area contributed by atoms with Gasteiger partial charge in [-0.3, -0.25) is 9.78 Å². The molecule has 6 aromatic rings. The number of carbonyl (C=O) groups is 1. The number of aryl methyl sites for hydroxylation is 1. The third-order valence-corrected chi connectivity index (χ3v) is 7.81. The highest BCUT2D eigenvalue weighted by molar-refractivity contribution is 5.87. The van der Waals surface area contributed by atoms with Crippen LogP contribution in [0.3, 0.4) is 0 Å². The number of rotatable bonds is 11. The lowest BCUT2D eigenvalue weighted by Gasteiger charge is -2.18. The van der Waals surface area contributed by atoms with Crippen LogP contribution in [0, 0.1) is 6.92 Å². The van der Waals surface area contributed by atoms with Gasteiger partial charge >= 0.3 is 0 Å². The molecular formula is C38H35N3O2. The van der Waals surface area contributed by atoms with E-state index in [1.807, 2.05) is 42.5 Å². The van der Waals surface area contributed by atoms with Crippen LogP contribution in [0.5, 0.6) is 5.75 Å². The Morgan fingerprint density at radius 3 is 2.40 bits per heavy atom. The molecule has 4 aromatic carbocycles. The molecule has 0 saturated heterocycles. The monoisotopic (exact) mass is 565 g/mol. The lowest BCUT2D eigenvalue weighted by atomic mass is 9.88. The van der Waals surface area contributed by atoms with Crippen LogP contribution in [0.1, 0.15) is 45.7 Å². The second kappa shape index (κ2) is 13.2. The van der Waals surface area contributed by atoms with Gasteiger partial charge in [-0.05, 0) is 65.1 Å². The van der Waals surface area contributed by atoms with Gasteiger partial charge in [0, 0.05) is 54.9 Å². The summed E-state index contributed by atoms with van der Waals surface area (Å²) in [6.45, 7) is 3.80. The summed E-state index contributed by atoms with van der Waals surface area (Å²) in [5, 5.41) is 4.28. The van der Waals surface area contributed by atoms with Gasteiger partial charge in [0.15, 0.2) is 0 Å². The first-order chi connectivity index (χ1) is 21.1. The van der Waals surface area contributed by atoms with Crippen molar-refractivity contribution in [3.05, 3.63) is 167 Å². The highest BCUT2D eigenvalue weighted by Gasteiger charge is 2.23. The smallest absolute Gasteiger partial charge is 0.221 e. The summed E-state index contributed by atoms with van der Waals surface area (Å²) in [4.78, 5) is 17.6. The van der Waals surface area contributed by atoms with Crippen LogP contribution in [0.25, 0.3) is 10.9 Å². The van der Waals surface area contributed by atoms with Crippen LogP contribution in [-0.2, 0) is 24.5 Å². The molecule has 0 radical (unpaired) electrons. The molecule has 2 aromatic heterocycles. The van der Waals surface area contributed by atoms with E-state index < -0.39 is 0 Å². The van der Waals surface area contributed by atoms with Crippen molar-refractivity contribution in [2.24, 2.45) is 0 Å². The number of fused-ring (bicyclic) bond motifs is 1. The Balaban J connectivity index is 1.33. The average molecular weight is 566 g/mol. The van der Waals surface area contributed by atoms with Gasteiger partial charge < -0.3 is 14.6 Å². The molecular weight excluding hydrogens is 530 g/mol. The first kappa shape index (κ1) is 28.0. The molecule has 0 aliphatic carbocycles. The van der Waals surface area contributed by atoms with Crippen molar-refractivity contribution >= 4 is 16.8 Å². The lowest BCUT2D eigenvalue weighted by Crippen LogP contribution is -2.25. The maximum absolute atomic E-state index is 13.5. The van der Waals surface area contributed by atoms with E-state index in [4.69, 9.17) is 4.74 Å². The molecule has 0 aliphatic heterocycles. The molecule has 0 bridgehead atoms. The molecule has 1 N–H and O–H groups in total. The van der Waals surface area contributed by atoms with E-state index in [1.54, 1.807) is 12.4 Å². The van der Waals surface area contributed by atoms with Gasteiger partial charge in [0.05, 0.1) is 0 Å². The van der Waals surface area contributed by atoms with Crippen LogP contribution in [-0.4, -0.2) is 15.5 Å². The van der Waals surface area contributed by atoms with E-state index in [2.05, 4.69) is 101 Å². The third kappa shape index (κ3) is 7.02. The van der Waals surface area contributed by atoms with Crippen LogP contribution in [0.2, 0.25) is 0 Å². The summed E-state index contributed by atoms with van der Waals surface area (Å²) in [5.41, 5.74) is 7.93. The van der Waals surface area contributed by atoms with Gasteiger partial charge in [0.25, 0.3) is 0 Å². The fourth-order valence-corrected chi connectivity index (χ4v) is 5.50. The van der Waals surface area contributed by atoms with Crippen LogP contribution >= 0.6 is 0 Å². The summed E-state index contributed by atoms with van der Waals surface area (Å²) in [6.07, 6.45) is 6.02. The Labute approximate surface area is 252 Å². The molecule has 2 heterocycles. The van der Waals surface area contributed by atoms with E-state index in [9.17, 15) is 4.79 Å². The molecule has 6 rings (SSSR count). The van der Waals surface area contributed by atoms with Crippen LogP contribution in [0.4, 0.5) is 0 Å². The molecule has 0 aliphatic rings. The highest BCUT2D eigenvalue weighted by Crippen LogP contribution is 2.36. The Kier molecular flexibility index (Phi) is 8.60. The van der Waals surface area contributed by atoms with Crippen molar-refractivity contribution < 1.29 is 9.53 Å². The summed E-state index contributed by atoms with van der Waals surface area (Å²) >= 11 is 0. The van der Waals surface area contributed by atoms with Crippen molar-refractivity contribution in [2.75, 3.05) is 0 Å². The van der Waals surface area contributed by atoms with Crippen molar-refractivity contribution in [1.82, 2.24) is 14.9 Å². The predicted octanol–water partition coefficient (Wildman–Crippen LogP) is 7.81. The van der Waals surface area contributed by atoms with Gasteiger partial charge in [-0.15, -0.1) is 0 Å². The molecule has 5 nitrogen and oxygen atoms in total. The molecule has 1 unspecified atom stereocenters. The zero-order chi connectivity index (χ0) is 29.4. The first-order valence-corrected chi connectivity index (χ1v) is 14.7. The minimum absolute atomic E-state index is 0.00668. The summed E-state index contributed by atoms with van der Waals surface area (Å²) in [7, 11) is 0. The number of ether oxygens (including phenoxy) is 1. The second-order valence-corrected chi connectivity index (χ2v) is 11.0. The predicted molar refractivity (Wildman–Crippen MR) is 172 cm³/mol. The Morgan fingerprint density at radius 2 is 1.58 bits per heavy atom. The van der Waals surface area contributed by atoms with Crippen LogP contribution in [0.15, 0.2) is 134 Å². The van der Waals surface area contributed by atoms with E-state index in [-0.39, 0.29) is 11.8 Å². The number of nitrogens with zero attached hydrogens (tertiary/aromatic N) is 2. The Bertz CT molecular complexity index is 1790. The zero-order valence-corrected chi connectivity index (χ0v) is 24.3. The largest absolute Gasteiger partial charge is 0.489 e. The van der Waals surface area contributed by atoms with Gasteiger partial charge in [-0.2, -0.15) is 0 Å². The van der Waals surface area contributed by atoms with E-state index in [0.717, 1.165) is 45.5 Å². The van der Waals surface area contributed by atoms with E-state index in [1.165, 1.54) is 11.1 Å². The van der Waals surface area contributed by atoms with Gasteiger partial charge in [0.1, 0.15) is 12.4 Å². The van der Waals surface area contributed by atoms with Gasteiger partial charge in [-0.1, -0.05) is 90.5 Å². The molecule has 0 spiro atoms. The maximum atomic E-state index is 13.5. The number of hydrogen-bond acceptors (Lipinski definition) is 3. The third-order valence-electron chi connectivity index (χ3n) is 7.81. The van der Waals surface area contributed by atoms with Gasteiger partial charge in [-0.25, -0.2) is 0 Å². The molecule has 1 atom stereocenters. The van der Waals surface area contributed by atoms with Crippen molar-refractivity contribution in [1.29, 1.82) is 0 Å². The minimum atomic E-state index is -0.165. The van der Waals surface area contributed by atoms with Crippen molar-refractivity contribution in [3.63, 3.8) is 0 Å². The summed E-state index contributed by atoms with van der Waals surface area (Å²) < 4.78 is 8.50. The standard InChI is InChI=1S/C38H35N3O2/c1-28-14-16-30(17-15-28)25-41-26-36(34-12-5-6-13-37(34)41)35(23-38(42)40-24-29-18-20-39-21-19-29)32-10-7-11-33(22-32)43-27-31-8-3-2-4-9-31/h2-22,26,35H,23-25,27H2,1H3,(H,40,42). The number of aromatic nitrogens is 2. The second-order valence-electron chi connectivity index (χ2n) is 11.0. The fourth-order valence-electron chi connectivity index (χ4n) is 5.50. The zero-order valence-electron chi connectivity index (χ0n) is 24.3. The maximum Gasteiger partial charge on any atom is 0.221 e. The van der Waals surface area contributed by atoms with Crippen molar-refractivity contribution in [2.45, 2.75) is 39.0 Å². The summed E-state index contributed by atoms with van der Waals surface area (Å²) in [5.74, 6) is 0.613. The number of nitrogens with one attached hydrogen (secondary N) is 1. The number of amides is 1. The number of carbonyl (C=O) groups excluding carboxylic acids is 1. The van der Waals surface area contributed by atoms with Gasteiger partial charge in [0.2, 0.25) is 5.91 Å². The molecule has 43 heavy (non-hydrogen) atoms. The lowest BCUT2D eigenvalue weighted by molar-refractivity contribution is -0.121. The highest BCUT2D eigenvalue weighted by atomic mass is 16.5. The summed E-state index contributed by atoms with van der Waals surface area (Å²) in [6, 6.07) is 39.3. The number of benzene rings is 4.